The van der Waals surface area contributed by atoms with Gasteiger partial charge in [0.05, 0.1) is 12.2 Å². The van der Waals surface area contributed by atoms with Crippen molar-refractivity contribution in [2.75, 3.05) is 33.5 Å². The number of carbonyl (C=O) groups excluding carboxylic acids is 3. The van der Waals surface area contributed by atoms with Crippen molar-refractivity contribution >= 4 is 26.8 Å². The minimum absolute atomic E-state index is 0.00463. The smallest absolute Gasteiger partial charge is 0.332 e. The van der Waals surface area contributed by atoms with Crippen molar-refractivity contribution < 1.29 is 43.2 Å². The summed E-state index contributed by atoms with van der Waals surface area (Å²) in [6, 6.07) is 0. The van der Waals surface area contributed by atoms with E-state index in [2.05, 4.69) is 16.2 Å². The van der Waals surface area contributed by atoms with Gasteiger partial charge in [-0.1, -0.05) is 25.5 Å². The SMILES string of the molecule is COCCCCCOCC(=O)OCC(=O)[C@@]12OC(C)(C)O[C@@H]1CC1C3CCC4=CC(=O)C=CC4(C)[C@@]3(P)[C@@H](O)CC12C. The zero-order chi connectivity index (χ0) is 30.6. The van der Waals surface area contributed by atoms with Gasteiger partial charge in [0.25, 0.3) is 0 Å². The number of unbranched alkanes of at least 4 members (excludes halogenated alkanes) is 2. The van der Waals surface area contributed by atoms with E-state index in [9.17, 15) is 19.5 Å². The number of allylic oxidation sites excluding steroid dienone is 4. The van der Waals surface area contributed by atoms with Gasteiger partial charge in [-0.25, -0.2) is 4.79 Å². The van der Waals surface area contributed by atoms with Crippen LogP contribution in [0.1, 0.15) is 72.6 Å². The fraction of sp³-hybridized carbons (Fsp3) is 0.781. The Balaban J connectivity index is 1.34. The minimum atomic E-state index is -1.37. The molecule has 9 nitrogen and oxygen atoms in total. The molecule has 1 aliphatic heterocycles. The number of rotatable bonds is 11. The van der Waals surface area contributed by atoms with Crippen LogP contribution >= 0.6 is 9.24 Å². The van der Waals surface area contributed by atoms with Crippen molar-refractivity contribution in [1.82, 2.24) is 0 Å². The molecule has 0 aromatic carbocycles. The summed E-state index contributed by atoms with van der Waals surface area (Å²) in [6.45, 7) is 8.20. The Hall–Kier alpha value is -1.48. The fourth-order valence-electron chi connectivity index (χ4n) is 9.02. The van der Waals surface area contributed by atoms with E-state index < -0.39 is 52.2 Å². The van der Waals surface area contributed by atoms with Crippen LogP contribution in [0.5, 0.6) is 0 Å². The summed E-state index contributed by atoms with van der Waals surface area (Å²) < 4.78 is 28.9. The van der Waals surface area contributed by atoms with Crippen LogP contribution in [0.25, 0.3) is 0 Å². The highest BCUT2D eigenvalue weighted by atomic mass is 31.0. The molecule has 0 aromatic rings. The standard InChI is InChI=1S/C32H47O9P/c1-28(2)40-26-16-23-22-10-9-20-15-21(33)11-12-29(20,3)32(22,42)24(34)17-30(23,4)31(26,41-28)25(35)18-39-27(36)19-38-14-8-6-7-13-37-5/h11-12,15,22-24,26,34H,6-10,13-14,16-19,42H2,1-5H3/t22?,23?,24-,26+,29?,30?,31+,32-/m0/s1. The monoisotopic (exact) mass is 606 g/mol. The van der Waals surface area contributed by atoms with E-state index in [-0.39, 0.29) is 30.0 Å². The quantitative estimate of drug-likeness (QED) is 0.213. The third kappa shape index (κ3) is 4.87. The first kappa shape index (κ1) is 31.9. The third-order valence-corrected chi connectivity index (χ3v) is 12.4. The Morgan fingerprint density at radius 1 is 1.10 bits per heavy atom. The summed E-state index contributed by atoms with van der Waals surface area (Å²) in [5, 5.41) is 11.4. The number of fused-ring (bicyclic) bond motifs is 7. The number of aliphatic hydroxyl groups is 1. The Labute approximate surface area is 251 Å². The Morgan fingerprint density at radius 2 is 1.83 bits per heavy atom. The van der Waals surface area contributed by atoms with Crippen LogP contribution in [0.3, 0.4) is 0 Å². The second-order valence-electron chi connectivity index (χ2n) is 13.7. The van der Waals surface area contributed by atoms with Crippen molar-refractivity contribution in [2.24, 2.45) is 22.7 Å². The first-order valence-corrected chi connectivity index (χ1v) is 15.9. The van der Waals surface area contributed by atoms with E-state index in [0.717, 1.165) is 37.7 Å². The van der Waals surface area contributed by atoms with Gasteiger partial charge in [-0.3, -0.25) is 9.59 Å². The van der Waals surface area contributed by atoms with Crippen molar-refractivity contribution in [3.8, 4) is 0 Å². The zero-order valence-electron chi connectivity index (χ0n) is 25.6. The van der Waals surface area contributed by atoms with Crippen LogP contribution in [0.15, 0.2) is 23.8 Å². The molecule has 10 heteroatoms. The first-order valence-electron chi connectivity index (χ1n) is 15.3. The van der Waals surface area contributed by atoms with Crippen LogP contribution in [0.4, 0.5) is 0 Å². The molecule has 5 unspecified atom stereocenters. The molecule has 4 aliphatic carbocycles. The first-order chi connectivity index (χ1) is 19.7. The van der Waals surface area contributed by atoms with E-state index in [1.807, 2.05) is 13.0 Å². The number of carbonyl (C=O) groups is 3. The van der Waals surface area contributed by atoms with Crippen LogP contribution < -0.4 is 0 Å². The molecule has 0 amide bonds. The molecule has 5 rings (SSSR count). The summed E-state index contributed by atoms with van der Waals surface area (Å²) in [6.07, 6.45) is 9.08. The second-order valence-corrected chi connectivity index (χ2v) is 14.7. The maximum atomic E-state index is 14.2. The molecule has 5 aliphatic rings. The van der Waals surface area contributed by atoms with Gasteiger partial charge in [0, 0.05) is 36.3 Å². The van der Waals surface area contributed by atoms with Crippen molar-refractivity contribution in [3.05, 3.63) is 23.8 Å². The molecule has 1 N–H and O–H groups in total. The van der Waals surface area contributed by atoms with Gasteiger partial charge in [-0.2, -0.15) is 0 Å². The summed E-state index contributed by atoms with van der Waals surface area (Å²) in [4.78, 5) is 38.9. The number of aliphatic hydroxyl groups excluding tert-OH is 1. The van der Waals surface area contributed by atoms with E-state index in [1.165, 1.54) is 0 Å². The predicted octanol–water partition coefficient (Wildman–Crippen LogP) is 3.71. The van der Waals surface area contributed by atoms with Gasteiger partial charge < -0.3 is 28.8 Å². The molecule has 234 valence electrons. The number of Topliss-reactive ketones (excluding diaryl/α,β-unsaturated/α-hetero) is 1. The molecule has 4 fully saturated rings. The number of hydrogen-bond acceptors (Lipinski definition) is 9. The second kappa shape index (κ2) is 11.5. The van der Waals surface area contributed by atoms with Crippen LogP contribution in [-0.2, 0) is 38.1 Å². The van der Waals surface area contributed by atoms with Crippen molar-refractivity contribution in [2.45, 2.75) is 101 Å². The molecule has 0 bridgehead atoms. The van der Waals surface area contributed by atoms with Crippen LogP contribution in [0.2, 0.25) is 0 Å². The molecule has 3 saturated carbocycles. The maximum absolute atomic E-state index is 14.2. The van der Waals surface area contributed by atoms with Crippen LogP contribution in [0, 0.1) is 22.7 Å². The number of ketones is 2. The predicted molar refractivity (Wildman–Crippen MR) is 158 cm³/mol. The van der Waals surface area contributed by atoms with Gasteiger partial charge >= 0.3 is 5.97 Å². The van der Waals surface area contributed by atoms with Gasteiger partial charge in [0.2, 0.25) is 5.78 Å². The molecule has 0 spiro atoms. The lowest BCUT2D eigenvalue weighted by Gasteiger charge is -2.65. The highest BCUT2D eigenvalue weighted by Crippen LogP contribution is 2.73. The maximum Gasteiger partial charge on any atom is 0.332 e. The number of esters is 1. The molecular weight excluding hydrogens is 559 g/mol. The lowest BCUT2D eigenvalue weighted by molar-refractivity contribution is -0.222. The van der Waals surface area contributed by atoms with Crippen molar-refractivity contribution in [3.63, 3.8) is 0 Å². The Morgan fingerprint density at radius 3 is 2.57 bits per heavy atom. The molecule has 0 aromatic heterocycles. The molecule has 1 saturated heterocycles. The Kier molecular flexibility index (Phi) is 8.72. The topological polar surface area (TPSA) is 118 Å². The van der Waals surface area contributed by atoms with Gasteiger partial charge in [-0.05, 0) is 82.8 Å². The fourth-order valence-corrected chi connectivity index (χ4v) is 9.82. The number of ether oxygens (including phenoxy) is 5. The number of methoxy groups -OCH3 is 1. The largest absolute Gasteiger partial charge is 0.456 e. The van der Waals surface area contributed by atoms with E-state index in [4.69, 9.17) is 23.7 Å². The van der Waals surface area contributed by atoms with Crippen molar-refractivity contribution in [1.29, 1.82) is 0 Å². The summed E-state index contributed by atoms with van der Waals surface area (Å²) >= 11 is 0. The molecule has 42 heavy (non-hydrogen) atoms. The molecule has 9 atom stereocenters. The lowest BCUT2D eigenvalue weighted by Crippen LogP contribution is -2.69. The highest BCUT2D eigenvalue weighted by molar-refractivity contribution is 7.19. The van der Waals surface area contributed by atoms with Gasteiger partial charge in [0.1, 0.15) is 6.61 Å². The molecule has 0 radical (unpaired) electrons. The number of hydrogen-bond donors (Lipinski definition) is 1. The normalized spacial score (nSPS) is 41.4. The van der Waals surface area contributed by atoms with E-state index in [1.54, 1.807) is 33.1 Å². The third-order valence-electron chi connectivity index (χ3n) is 11.0. The van der Waals surface area contributed by atoms with Gasteiger partial charge in [0.15, 0.2) is 23.8 Å². The minimum Gasteiger partial charge on any atom is -0.456 e. The molecular formula is C32H47O9P. The Bertz CT molecular complexity index is 1160. The van der Waals surface area contributed by atoms with Gasteiger partial charge in [-0.15, -0.1) is 9.24 Å². The highest BCUT2D eigenvalue weighted by Gasteiger charge is 2.78. The molecule has 1 heterocycles. The average molecular weight is 607 g/mol. The van der Waals surface area contributed by atoms with E-state index in [0.29, 0.717) is 26.1 Å². The lowest BCUT2D eigenvalue weighted by atomic mass is 9.45. The zero-order valence-corrected chi connectivity index (χ0v) is 26.8. The summed E-state index contributed by atoms with van der Waals surface area (Å²) in [5.41, 5.74) is -1.59. The average Bonchev–Trinajstić information content (AvgIpc) is 3.33. The summed E-state index contributed by atoms with van der Waals surface area (Å²) in [5.74, 6) is -1.93. The summed E-state index contributed by atoms with van der Waals surface area (Å²) in [7, 11) is 4.66. The van der Waals surface area contributed by atoms with Crippen LogP contribution in [-0.4, -0.2) is 84.9 Å². The van der Waals surface area contributed by atoms with E-state index >= 15 is 0 Å².